The van der Waals surface area contributed by atoms with Crippen LogP contribution >= 0.6 is 0 Å². The topological polar surface area (TPSA) is 72.2 Å². The van der Waals surface area contributed by atoms with E-state index in [1.54, 1.807) is 7.11 Å². The molecule has 1 rings (SSSR count). The van der Waals surface area contributed by atoms with Gasteiger partial charge in [-0.1, -0.05) is 5.10 Å². The smallest absolute Gasteiger partial charge is 0.315 e. The SMILES string of the molecule is CCNc1nnc(CNCCOC)o1. The molecule has 1 heterocycles. The lowest BCUT2D eigenvalue weighted by Gasteiger charge is -1.99. The van der Waals surface area contributed by atoms with Crippen LogP contribution in [0.3, 0.4) is 0 Å². The molecule has 0 atom stereocenters. The molecule has 0 amide bonds. The first-order valence-electron chi connectivity index (χ1n) is 4.62. The fourth-order valence-corrected chi connectivity index (χ4v) is 0.917. The summed E-state index contributed by atoms with van der Waals surface area (Å²) in [5.41, 5.74) is 0. The van der Waals surface area contributed by atoms with E-state index in [1.165, 1.54) is 0 Å². The van der Waals surface area contributed by atoms with E-state index in [-0.39, 0.29) is 0 Å². The molecule has 0 saturated carbocycles. The van der Waals surface area contributed by atoms with E-state index < -0.39 is 0 Å². The molecule has 80 valence electrons. The van der Waals surface area contributed by atoms with E-state index in [1.807, 2.05) is 6.92 Å². The third-order valence-corrected chi connectivity index (χ3v) is 1.55. The van der Waals surface area contributed by atoms with E-state index in [0.29, 0.717) is 25.1 Å². The summed E-state index contributed by atoms with van der Waals surface area (Å²) < 4.78 is 10.1. The molecule has 0 aliphatic heterocycles. The predicted octanol–water partition coefficient (Wildman–Crippen LogP) is 0.237. The Kier molecular flexibility index (Phi) is 4.95. The van der Waals surface area contributed by atoms with Crippen molar-refractivity contribution in [1.29, 1.82) is 0 Å². The summed E-state index contributed by atoms with van der Waals surface area (Å²) in [6.07, 6.45) is 0. The first-order valence-corrected chi connectivity index (χ1v) is 4.62. The molecule has 0 aromatic carbocycles. The molecule has 0 aliphatic rings. The Labute approximate surface area is 83.0 Å². The van der Waals surface area contributed by atoms with Gasteiger partial charge in [0.2, 0.25) is 5.89 Å². The van der Waals surface area contributed by atoms with Crippen molar-refractivity contribution in [1.82, 2.24) is 15.5 Å². The van der Waals surface area contributed by atoms with Crippen LogP contribution < -0.4 is 10.6 Å². The van der Waals surface area contributed by atoms with Crippen LogP contribution in [0.15, 0.2) is 4.42 Å². The average molecular weight is 200 g/mol. The number of nitrogens with one attached hydrogen (secondary N) is 2. The molecule has 1 aromatic rings. The predicted molar refractivity (Wildman–Crippen MR) is 52.0 cm³/mol. The van der Waals surface area contributed by atoms with Crippen molar-refractivity contribution in [2.24, 2.45) is 0 Å². The van der Waals surface area contributed by atoms with Crippen LogP contribution in [-0.4, -0.2) is 37.0 Å². The largest absolute Gasteiger partial charge is 0.407 e. The van der Waals surface area contributed by atoms with Crippen molar-refractivity contribution < 1.29 is 9.15 Å². The minimum Gasteiger partial charge on any atom is -0.407 e. The standard InChI is InChI=1S/C8H16N4O2/c1-3-10-8-12-11-7(14-8)6-9-4-5-13-2/h9H,3-6H2,1-2H3,(H,10,12). The first-order chi connectivity index (χ1) is 6.86. The minimum absolute atomic E-state index is 0.469. The van der Waals surface area contributed by atoms with Gasteiger partial charge in [0.1, 0.15) is 0 Å². The van der Waals surface area contributed by atoms with Gasteiger partial charge in [-0.2, -0.15) is 0 Å². The highest BCUT2D eigenvalue weighted by atomic mass is 16.5. The van der Waals surface area contributed by atoms with Crippen molar-refractivity contribution in [2.45, 2.75) is 13.5 Å². The van der Waals surface area contributed by atoms with E-state index in [9.17, 15) is 0 Å². The normalized spacial score (nSPS) is 10.4. The van der Waals surface area contributed by atoms with Crippen LogP contribution in [0, 0.1) is 0 Å². The number of hydrogen-bond donors (Lipinski definition) is 2. The molecule has 0 spiro atoms. The minimum atomic E-state index is 0.469. The summed E-state index contributed by atoms with van der Waals surface area (Å²) in [6, 6.07) is 0.469. The second-order valence-corrected chi connectivity index (χ2v) is 2.70. The Balaban J connectivity index is 2.22. The van der Waals surface area contributed by atoms with Gasteiger partial charge in [-0.3, -0.25) is 0 Å². The molecule has 6 nitrogen and oxygen atoms in total. The van der Waals surface area contributed by atoms with Crippen molar-refractivity contribution in [3.63, 3.8) is 0 Å². The van der Waals surface area contributed by atoms with Gasteiger partial charge in [-0.15, -0.1) is 5.10 Å². The molecule has 14 heavy (non-hydrogen) atoms. The quantitative estimate of drug-likeness (QED) is 0.614. The van der Waals surface area contributed by atoms with Gasteiger partial charge in [-0.25, -0.2) is 0 Å². The summed E-state index contributed by atoms with van der Waals surface area (Å²) in [4.78, 5) is 0. The fraction of sp³-hybridized carbons (Fsp3) is 0.750. The lowest BCUT2D eigenvalue weighted by Crippen LogP contribution is -2.18. The van der Waals surface area contributed by atoms with Crippen LogP contribution in [0.25, 0.3) is 0 Å². The van der Waals surface area contributed by atoms with Gasteiger partial charge in [0.25, 0.3) is 0 Å². The summed E-state index contributed by atoms with van der Waals surface area (Å²) in [5, 5.41) is 13.7. The lowest BCUT2D eigenvalue weighted by atomic mass is 10.6. The Morgan fingerprint density at radius 3 is 3.00 bits per heavy atom. The van der Waals surface area contributed by atoms with Gasteiger partial charge in [0.15, 0.2) is 0 Å². The van der Waals surface area contributed by atoms with Crippen molar-refractivity contribution >= 4 is 6.01 Å². The summed E-state index contributed by atoms with van der Waals surface area (Å²) in [7, 11) is 1.66. The molecule has 2 N–H and O–H groups in total. The number of aromatic nitrogens is 2. The van der Waals surface area contributed by atoms with E-state index in [2.05, 4.69) is 20.8 Å². The maximum absolute atomic E-state index is 5.27. The maximum atomic E-state index is 5.27. The fourth-order valence-electron chi connectivity index (χ4n) is 0.917. The van der Waals surface area contributed by atoms with Crippen molar-refractivity contribution in [3.8, 4) is 0 Å². The zero-order valence-corrected chi connectivity index (χ0v) is 8.54. The number of rotatable bonds is 7. The van der Waals surface area contributed by atoms with Gasteiger partial charge in [0, 0.05) is 20.2 Å². The molecule has 0 saturated heterocycles. The zero-order valence-electron chi connectivity index (χ0n) is 8.54. The number of ether oxygens (including phenoxy) is 1. The van der Waals surface area contributed by atoms with Crippen molar-refractivity contribution in [2.75, 3.05) is 32.1 Å². The van der Waals surface area contributed by atoms with Gasteiger partial charge in [-0.05, 0) is 6.92 Å². The van der Waals surface area contributed by atoms with Crippen LogP contribution in [0.5, 0.6) is 0 Å². The molecule has 0 radical (unpaired) electrons. The molecule has 0 unspecified atom stereocenters. The highest BCUT2D eigenvalue weighted by Crippen LogP contribution is 2.03. The van der Waals surface area contributed by atoms with E-state index in [0.717, 1.165) is 13.1 Å². The molecule has 1 aromatic heterocycles. The van der Waals surface area contributed by atoms with Crippen LogP contribution in [0.4, 0.5) is 6.01 Å². The Morgan fingerprint density at radius 1 is 1.43 bits per heavy atom. The number of anilines is 1. The highest BCUT2D eigenvalue weighted by Gasteiger charge is 2.03. The van der Waals surface area contributed by atoms with E-state index in [4.69, 9.17) is 9.15 Å². The third kappa shape index (κ3) is 3.71. The molecule has 0 fully saturated rings. The van der Waals surface area contributed by atoms with Crippen LogP contribution in [0.1, 0.15) is 12.8 Å². The second kappa shape index (κ2) is 6.33. The van der Waals surface area contributed by atoms with Crippen LogP contribution in [-0.2, 0) is 11.3 Å². The Morgan fingerprint density at radius 2 is 2.29 bits per heavy atom. The van der Waals surface area contributed by atoms with E-state index >= 15 is 0 Å². The third-order valence-electron chi connectivity index (χ3n) is 1.55. The molecule has 6 heteroatoms. The van der Waals surface area contributed by atoms with Gasteiger partial charge >= 0.3 is 6.01 Å². The maximum Gasteiger partial charge on any atom is 0.315 e. The molecule has 0 aliphatic carbocycles. The zero-order chi connectivity index (χ0) is 10.2. The highest BCUT2D eigenvalue weighted by molar-refractivity contribution is 5.15. The number of hydrogen-bond acceptors (Lipinski definition) is 6. The average Bonchev–Trinajstić information content (AvgIpc) is 2.61. The first kappa shape index (κ1) is 10.9. The van der Waals surface area contributed by atoms with Gasteiger partial charge < -0.3 is 19.8 Å². The Hall–Kier alpha value is -1.14. The molecular formula is C8H16N4O2. The monoisotopic (exact) mass is 200 g/mol. The Bertz CT molecular complexity index is 251. The molecule has 0 bridgehead atoms. The number of methoxy groups -OCH3 is 1. The molecular weight excluding hydrogens is 184 g/mol. The van der Waals surface area contributed by atoms with Crippen molar-refractivity contribution in [3.05, 3.63) is 5.89 Å². The second-order valence-electron chi connectivity index (χ2n) is 2.70. The van der Waals surface area contributed by atoms with Crippen LogP contribution in [0.2, 0.25) is 0 Å². The lowest BCUT2D eigenvalue weighted by molar-refractivity contribution is 0.198. The summed E-state index contributed by atoms with van der Waals surface area (Å²) in [5.74, 6) is 0.581. The summed E-state index contributed by atoms with van der Waals surface area (Å²) >= 11 is 0. The number of nitrogens with zero attached hydrogens (tertiary/aromatic N) is 2. The summed E-state index contributed by atoms with van der Waals surface area (Å²) in [6.45, 7) is 4.77. The van der Waals surface area contributed by atoms with Gasteiger partial charge in [0.05, 0.1) is 13.2 Å².